The van der Waals surface area contributed by atoms with Crippen molar-refractivity contribution in [3.05, 3.63) is 155 Å². The van der Waals surface area contributed by atoms with E-state index < -0.39 is 112 Å². The Morgan fingerprint density at radius 3 is 1.39 bits per heavy atom. The molecule has 30 nitrogen and oxygen atoms in total. The first-order valence-electron chi connectivity index (χ1n) is 45.0. The first-order valence-corrected chi connectivity index (χ1v) is 45.0. The average Bonchev–Trinajstić information content (AvgIpc) is 1.69. The maximum Gasteiger partial charge on any atom is 0.408 e. The molecule has 694 valence electrons. The Hall–Kier alpha value is -10.5. The zero-order valence-corrected chi connectivity index (χ0v) is 78.2. The largest absolute Gasteiger partial charge is 0.497 e. The summed E-state index contributed by atoms with van der Waals surface area (Å²) >= 11 is 0. The number of amides is 6. The van der Waals surface area contributed by atoms with Crippen LogP contribution in [-0.4, -0.2) is 187 Å². The molecule has 6 aromatic rings. The first-order chi connectivity index (χ1) is 60.0. The van der Waals surface area contributed by atoms with Gasteiger partial charge in [-0.2, -0.15) is 0 Å². The summed E-state index contributed by atoms with van der Waals surface area (Å²) in [5.74, 6) is -1.31. The number of benzene rings is 4. The first kappa shape index (κ1) is 98.7. The number of fused-ring (bicyclic) bond motifs is 5. The molecule has 4 saturated carbocycles. The van der Waals surface area contributed by atoms with Crippen LogP contribution >= 0.6 is 0 Å². The van der Waals surface area contributed by atoms with Crippen molar-refractivity contribution in [2.24, 2.45) is 58.2 Å². The Morgan fingerprint density at radius 1 is 0.512 bits per heavy atom. The Bertz CT molecular complexity index is 4660. The van der Waals surface area contributed by atoms with Crippen molar-refractivity contribution in [2.45, 2.75) is 293 Å². The zero-order chi connectivity index (χ0) is 92.5. The van der Waals surface area contributed by atoms with Gasteiger partial charge in [-0.25, -0.2) is 19.2 Å². The second-order valence-electron chi connectivity index (χ2n) is 39.4. The standard InChI is InChI=1S/C97H138N12O18/c1-61(2)84(100-90(117)126-92(6,7)8)86(113)108(51-66-32-37-73(119-18)38-33-66)94(12,13)88(115)98-69(47-64-27-23-21-24-28-64)53-106-55-71(102-104-106)57-122-59-82(111)124-75-45-46-96(16)68(49-75)36-41-76-78-43-42-77(63(5)31-44-81(110)121-20)97(78,17)80(50-79(76)96)125-83(112)60-123-58-72-56-107(105-103-72)54-70(48-65-29-25-22-26-30-65)99-89(116)95(14,15)109(52-67-34-39-74(120-19)40-35-67)87(114)85(62(3)4)101-91(118)127-93(9,10)11/h21-30,32-35,37-40,55-56,61-63,68-70,75-80,84-85H,31,36,41-54,57-60H2,1-20H3,(H,98,115)(H,99,116)(H,100,117)(H,101,118)/t63-,68-,69+,70+,75-,76+,77-,78+,79+,80+,84+,85+,96+,97-/m1/s1. The van der Waals surface area contributed by atoms with Gasteiger partial charge in [0.15, 0.2) is 0 Å². The molecule has 0 saturated heterocycles. The molecular formula is C97H138N12O18. The van der Waals surface area contributed by atoms with Crippen molar-refractivity contribution in [3.63, 3.8) is 0 Å². The van der Waals surface area contributed by atoms with Crippen molar-refractivity contribution >= 4 is 53.7 Å². The molecule has 0 spiro atoms. The molecule has 4 aliphatic carbocycles. The number of rotatable bonds is 40. The number of hydrogen-bond donors (Lipinski definition) is 4. The SMILES string of the molecule is COC(=O)CC[C@@H](C)[C@H]1CC[C@H]2[C@@H]3CC[C@@H]4C[C@H](OC(=O)COCc5cn(C[C@H](Cc6ccccc6)NC(=O)C(C)(C)N(Cc6ccc(OC)cc6)C(=O)[C@@H](NC(=O)OC(C)(C)C)C(C)C)nn5)CC[C@]4(C)[C@H]3C[C@H](OC(=O)COCc3cn(C[C@H](Cc4ccccc4)NC(=O)C(C)(C)N(Cc4ccc(OC)cc4)C(=O)[C@@H](NC(=O)OC(C)(C)C)C(C)C)nn3)[C@]12C. The summed E-state index contributed by atoms with van der Waals surface area (Å²) < 4.78 is 55.5. The van der Waals surface area contributed by atoms with Crippen LogP contribution in [0.5, 0.6) is 11.5 Å². The molecule has 0 aliphatic heterocycles. The van der Waals surface area contributed by atoms with E-state index in [2.05, 4.69) is 62.7 Å². The van der Waals surface area contributed by atoms with Gasteiger partial charge in [0.2, 0.25) is 23.6 Å². The highest BCUT2D eigenvalue weighted by molar-refractivity contribution is 5.95. The molecule has 4 N–H and O–H groups in total. The van der Waals surface area contributed by atoms with E-state index in [1.807, 2.05) is 113 Å². The van der Waals surface area contributed by atoms with E-state index in [1.54, 1.807) is 129 Å². The normalized spacial score (nSPS) is 21.7. The van der Waals surface area contributed by atoms with Gasteiger partial charge in [-0.3, -0.25) is 33.3 Å². The van der Waals surface area contributed by atoms with Crippen molar-refractivity contribution in [1.29, 1.82) is 0 Å². The Kier molecular flexibility index (Phi) is 33.5. The number of aromatic nitrogens is 6. The number of nitrogens with one attached hydrogen (secondary N) is 4. The van der Waals surface area contributed by atoms with E-state index >= 15 is 4.79 Å². The molecule has 10 rings (SSSR count). The number of esters is 3. The van der Waals surface area contributed by atoms with E-state index in [0.717, 1.165) is 54.4 Å². The highest BCUT2D eigenvalue weighted by Crippen LogP contribution is 2.69. The smallest absolute Gasteiger partial charge is 0.408 e. The molecule has 30 heteroatoms. The Balaban J connectivity index is 0.764. The molecule has 127 heavy (non-hydrogen) atoms. The lowest BCUT2D eigenvalue weighted by Crippen LogP contribution is -2.63. The number of hydrogen-bond acceptors (Lipinski definition) is 22. The third kappa shape index (κ3) is 26.2. The number of alkyl carbamates (subject to hydrolysis) is 2. The molecule has 0 bridgehead atoms. The molecule has 2 heterocycles. The van der Waals surface area contributed by atoms with Gasteiger partial charge in [0, 0.05) is 24.9 Å². The molecule has 0 radical (unpaired) electrons. The minimum atomic E-state index is -1.49. The molecule has 4 aliphatic rings. The Labute approximate surface area is 749 Å². The number of methoxy groups -OCH3 is 3. The maximum atomic E-state index is 15.1. The lowest BCUT2D eigenvalue weighted by atomic mass is 9.43. The number of carbonyl (C=O) groups excluding carboxylic acids is 9. The van der Waals surface area contributed by atoms with E-state index in [0.29, 0.717) is 67.3 Å². The summed E-state index contributed by atoms with van der Waals surface area (Å²) in [6, 6.07) is 30.6. The van der Waals surface area contributed by atoms with Gasteiger partial charge in [0.1, 0.15) is 82.7 Å². The highest BCUT2D eigenvalue weighted by Gasteiger charge is 2.65. The topological polar surface area (TPSA) is 353 Å². The summed E-state index contributed by atoms with van der Waals surface area (Å²) in [4.78, 5) is 130. The van der Waals surface area contributed by atoms with Crippen molar-refractivity contribution in [1.82, 2.24) is 61.1 Å². The van der Waals surface area contributed by atoms with Crippen LogP contribution in [0.25, 0.3) is 0 Å². The summed E-state index contributed by atoms with van der Waals surface area (Å²) in [6.45, 7) is 31.0. The van der Waals surface area contributed by atoms with Crippen LogP contribution in [0, 0.1) is 58.2 Å². The van der Waals surface area contributed by atoms with E-state index in [4.69, 9.17) is 42.6 Å². The summed E-state index contributed by atoms with van der Waals surface area (Å²) in [7, 11) is 4.54. The third-order valence-corrected chi connectivity index (χ3v) is 26.5. The second-order valence-corrected chi connectivity index (χ2v) is 39.4. The number of ether oxygens (including phenoxy) is 9. The van der Waals surface area contributed by atoms with Gasteiger partial charge in [-0.1, -0.05) is 144 Å². The fourth-order valence-corrected chi connectivity index (χ4v) is 19.6. The van der Waals surface area contributed by atoms with Crippen LogP contribution in [0.15, 0.2) is 122 Å². The predicted molar refractivity (Wildman–Crippen MR) is 476 cm³/mol. The predicted octanol–water partition coefficient (Wildman–Crippen LogP) is 13.5. The van der Waals surface area contributed by atoms with Gasteiger partial charge < -0.3 is 73.7 Å². The van der Waals surface area contributed by atoms with Crippen molar-refractivity contribution < 1.29 is 85.8 Å². The van der Waals surface area contributed by atoms with Crippen LogP contribution in [0.3, 0.4) is 0 Å². The van der Waals surface area contributed by atoms with Gasteiger partial charge in [-0.15, -0.1) is 10.2 Å². The maximum absolute atomic E-state index is 15.1. The van der Waals surface area contributed by atoms with Crippen LogP contribution in [-0.2, 0) is 119 Å². The molecule has 6 amide bonds. The average molecular weight is 1760 g/mol. The minimum absolute atomic E-state index is 0.0190. The molecule has 0 unspecified atom stereocenters. The molecule has 4 fully saturated rings. The summed E-state index contributed by atoms with van der Waals surface area (Å²) in [5, 5.41) is 29.8. The zero-order valence-electron chi connectivity index (χ0n) is 78.2. The van der Waals surface area contributed by atoms with E-state index in [1.165, 1.54) is 16.9 Å². The molecule has 4 aromatic carbocycles. The molecular weight excluding hydrogens is 1620 g/mol. The quantitative estimate of drug-likeness (QED) is 0.0205. The lowest BCUT2D eigenvalue weighted by molar-refractivity contribution is -0.202. The Morgan fingerprint density at radius 2 is 0.961 bits per heavy atom. The monoisotopic (exact) mass is 1760 g/mol. The molecule has 14 atom stereocenters. The van der Waals surface area contributed by atoms with Crippen LogP contribution in [0.1, 0.15) is 216 Å². The van der Waals surface area contributed by atoms with E-state index in [9.17, 15) is 38.4 Å². The van der Waals surface area contributed by atoms with Gasteiger partial charge in [-0.05, 0) is 239 Å². The third-order valence-electron chi connectivity index (χ3n) is 26.5. The lowest BCUT2D eigenvalue weighted by Gasteiger charge is -2.62. The van der Waals surface area contributed by atoms with Crippen LogP contribution in [0.2, 0.25) is 0 Å². The molecule has 2 aromatic heterocycles. The number of nitrogens with zero attached hydrogens (tertiary/aromatic N) is 8. The van der Waals surface area contributed by atoms with Crippen LogP contribution in [0.4, 0.5) is 9.59 Å². The highest BCUT2D eigenvalue weighted by atomic mass is 16.6. The van der Waals surface area contributed by atoms with Gasteiger partial charge >= 0.3 is 30.1 Å². The minimum Gasteiger partial charge on any atom is -0.497 e. The number of carbonyl (C=O) groups is 9. The van der Waals surface area contributed by atoms with Crippen LogP contribution < -0.4 is 30.7 Å². The van der Waals surface area contributed by atoms with Crippen molar-refractivity contribution in [3.8, 4) is 11.5 Å². The van der Waals surface area contributed by atoms with E-state index in [-0.39, 0.29) is 112 Å². The van der Waals surface area contributed by atoms with Gasteiger partial charge in [0.25, 0.3) is 0 Å². The van der Waals surface area contributed by atoms with Crippen molar-refractivity contribution in [2.75, 3.05) is 34.5 Å². The fourth-order valence-electron chi connectivity index (χ4n) is 19.6. The summed E-state index contributed by atoms with van der Waals surface area (Å²) in [6.07, 6.45) is 9.45. The fraction of sp³-hybridized carbons (Fsp3) is 0.619. The summed E-state index contributed by atoms with van der Waals surface area (Å²) in [5.41, 5.74) is -0.962. The van der Waals surface area contributed by atoms with Gasteiger partial charge in [0.05, 0.1) is 72.1 Å². The second kappa shape index (κ2) is 43.1.